The molecule has 0 unspecified atom stereocenters. The molecule has 2 rings (SSSR count). The lowest BCUT2D eigenvalue weighted by molar-refractivity contribution is 0.0944. The molecule has 0 heterocycles. The second-order valence-corrected chi connectivity index (χ2v) is 6.79. The van der Waals surface area contributed by atoms with Gasteiger partial charge in [-0.25, -0.2) is 8.42 Å². The number of sulfonamides is 1. The van der Waals surface area contributed by atoms with E-state index in [0.29, 0.717) is 11.1 Å². The van der Waals surface area contributed by atoms with Crippen molar-refractivity contribution in [2.75, 3.05) is 0 Å². The molecule has 22 heavy (non-hydrogen) atoms. The molecule has 0 fully saturated rings. The van der Waals surface area contributed by atoms with Gasteiger partial charge < -0.3 is 0 Å². The molecule has 0 atom stereocenters. The van der Waals surface area contributed by atoms with E-state index in [2.05, 4.69) is 10.3 Å². The summed E-state index contributed by atoms with van der Waals surface area (Å²) in [6.45, 7) is 5.30. The maximum atomic E-state index is 12.3. The Morgan fingerprint density at radius 1 is 0.955 bits per heavy atom. The van der Waals surface area contributed by atoms with Crippen molar-refractivity contribution in [3.05, 3.63) is 64.7 Å². The van der Waals surface area contributed by atoms with Crippen LogP contribution >= 0.6 is 0 Å². The Morgan fingerprint density at radius 3 is 2.32 bits per heavy atom. The van der Waals surface area contributed by atoms with Gasteiger partial charge >= 0.3 is 0 Å². The number of hydrogen-bond donors (Lipinski definition) is 2. The lowest BCUT2D eigenvalue weighted by Gasteiger charge is -2.12. The highest BCUT2D eigenvalue weighted by Gasteiger charge is 2.18. The van der Waals surface area contributed by atoms with Gasteiger partial charge in [-0.15, -0.1) is 4.83 Å². The van der Waals surface area contributed by atoms with E-state index in [1.54, 1.807) is 44.2 Å². The van der Waals surface area contributed by atoms with Crippen LogP contribution in [0.3, 0.4) is 0 Å². The van der Waals surface area contributed by atoms with Crippen molar-refractivity contribution in [1.82, 2.24) is 10.3 Å². The molecule has 1 amide bonds. The van der Waals surface area contributed by atoms with Crippen LogP contribution in [0.2, 0.25) is 0 Å². The number of nitrogens with one attached hydrogen (secondary N) is 2. The van der Waals surface area contributed by atoms with Gasteiger partial charge in [0.05, 0.1) is 4.90 Å². The van der Waals surface area contributed by atoms with E-state index in [4.69, 9.17) is 0 Å². The summed E-state index contributed by atoms with van der Waals surface area (Å²) in [6.07, 6.45) is 0. The number of hydrogen-bond acceptors (Lipinski definition) is 3. The molecule has 0 spiro atoms. The molecule has 0 aliphatic heterocycles. The van der Waals surface area contributed by atoms with Crippen molar-refractivity contribution >= 4 is 15.9 Å². The lowest BCUT2D eigenvalue weighted by atomic mass is 10.1. The summed E-state index contributed by atoms with van der Waals surface area (Å²) in [7, 11) is -3.81. The first-order valence-corrected chi connectivity index (χ1v) is 8.24. The number of hydrazine groups is 1. The zero-order chi connectivity index (χ0) is 16.3. The Hall–Kier alpha value is -2.18. The minimum atomic E-state index is -3.81. The van der Waals surface area contributed by atoms with Crippen molar-refractivity contribution < 1.29 is 13.2 Å². The first-order valence-electron chi connectivity index (χ1n) is 6.76. The Balaban J connectivity index is 2.18. The number of carbonyl (C=O) groups is 1. The molecule has 0 saturated heterocycles. The molecule has 0 aliphatic carbocycles. The minimum Gasteiger partial charge on any atom is -0.273 e. The van der Waals surface area contributed by atoms with Crippen LogP contribution in [-0.2, 0) is 10.0 Å². The third kappa shape index (κ3) is 3.52. The van der Waals surface area contributed by atoms with Crippen molar-refractivity contribution in [1.29, 1.82) is 0 Å². The van der Waals surface area contributed by atoms with Gasteiger partial charge in [0.2, 0.25) is 0 Å². The Morgan fingerprint density at radius 2 is 1.64 bits per heavy atom. The molecule has 0 bridgehead atoms. The number of rotatable bonds is 4. The van der Waals surface area contributed by atoms with Crippen LogP contribution in [0.15, 0.2) is 47.4 Å². The highest BCUT2D eigenvalue weighted by molar-refractivity contribution is 7.89. The van der Waals surface area contributed by atoms with Crippen LogP contribution in [0.5, 0.6) is 0 Å². The summed E-state index contributed by atoms with van der Waals surface area (Å²) < 4.78 is 24.6. The molecule has 2 aromatic rings. The van der Waals surface area contributed by atoms with E-state index in [0.717, 1.165) is 11.1 Å². The van der Waals surface area contributed by atoms with Crippen molar-refractivity contribution in [3.63, 3.8) is 0 Å². The predicted molar refractivity (Wildman–Crippen MR) is 84.9 cm³/mol. The van der Waals surface area contributed by atoms with Gasteiger partial charge in [0.25, 0.3) is 15.9 Å². The Labute approximate surface area is 130 Å². The zero-order valence-electron chi connectivity index (χ0n) is 12.7. The molecule has 0 radical (unpaired) electrons. The number of aryl methyl sites for hydroxylation is 3. The van der Waals surface area contributed by atoms with Crippen molar-refractivity contribution in [2.24, 2.45) is 0 Å². The largest absolute Gasteiger partial charge is 0.273 e. The SMILES string of the molecule is Cc1ccc(C)c(S(=O)(=O)NNC(=O)c2ccccc2C)c1. The van der Waals surface area contributed by atoms with E-state index in [9.17, 15) is 13.2 Å². The molecule has 0 aromatic heterocycles. The van der Waals surface area contributed by atoms with Crippen LogP contribution in [0, 0.1) is 20.8 Å². The third-order valence-corrected chi connectivity index (χ3v) is 4.71. The quantitative estimate of drug-likeness (QED) is 0.849. The van der Waals surface area contributed by atoms with Crippen molar-refractivity contribution in [2.45, 2.75) is 25.7 Å². The summed E-state index contributed by atoms with van der Waals surface area (Å²) in [6, 6.07) is 12.1. The van der Waals surface area contributed by atoms with Gasteiger partial charge in [-0.3, -0.25) is 10.2 Å². The molecule has 0 aliphatic rings. The first-order chi connectivity index (χ1) is 10.3. The minimum absolute atomic E-state index is 0.151. The van der Waals surface area contributed by atoms with Crippen LogP contribution in [0.25, 0.3) is 0 Å². The number of amides is 1. The average Bonchev–Trinajstić information content (AvgIpc) is 2.48. The standard InChI is InChI=1S/C16H18N2O3S/c1-11-8-9-13(3)15(10-11)22(20,21)18-17-16(19)14-7-5-4-6-12(14)2/h4-10,18H,1-3H3,(H,17,19). The highest BCUT2D eigenvalue weighted by atomic mass is 32.2. The summed E-state index contributed by atoms with van der Waals surface area (Å²) in [5, 5.41) is 0. The Bertz CT molecular complexity index is 814. The molecule has 6 heteroatoms. The summed E-state index contributed by atoms with van der Waals surface area (Å²) in [5.41, 5.74) is 4.88. The van der Waals surface area contributed by atoms with Crippen molar-refractivity contribution in [3.8, 4) is 0 Å². The fraction of sp³-hybridized carbons (Fsp3) is 0.188. The molecular weight excluding hydrogens is 300 g/mol. The average molecular weight is 318 g/mol. The maximum absolute atomic E-state index is 12.3. The smallest absolute Gasteiger partial charge is 0.266 e. The third-order valence-electron chi connectivity index (χ3n) is 3.32. The predicted octanol–water partition coefficient (Wildman–Crippen LogP) is 2.24. The Kier molecular flexibility index (Phi) is 4.63. The van der Waals surface area contributed by atoms with E-state index in [1.807, 2.05) is 19.1 Å². The molecule has 5 nitrogen and oxygen atoms in total. The fourth-order valence-corrected chi connectivity index (χ4v) is 3.23. The topological polar surface area (TPSA) is 75.3 Å². The van der Waals surface area contributed by atoms with E-state index in [1.165, 1.54) is 0 Å². The zero-order valence-corrected chi connectivity index (χ0v) is 13.5. The summed E-state index contributed by atoms with van der Waals surface area (Å²) in [4.78, 5) is 14.3. The lowest BCUT2D eigenvalue weighted by Crippen LogP contribution is -2.42. The molecule has 2 N–H and O–H groups in total. The fourth-order valence-electron chi connectivity index (χ4n) is 2.06. The molecular formula is C16H18N2O3S. The molecule has 116 valence electrons. The summed E-state index contributed by atoms with van der Waals surface area (Å²) >= 11 is 0. The molecule has 2 aromatic carbocycles. The monoisotopic (exact) mass is 318 g/mol. The van der Waals surface area contributed by atoms with Gasteiger partial charge in [0, 0.05) is 5.56 Å². The highest BCUT2D eigenvalue weighted by Crippen LogP contribution is 2.16. The van der Waals surface area contributed by atoms with Crippen LogP contribution in [0.4, 0.5) is 0 Å². The number of carbonyl (C=O) groups excluding carboxylic acids is 1. The van der Waals surface area contributed by atoms with Crippen LogP contribution in [-0.4, -0.2) is 14.3 Å². The van der Waals surface area contributed by atoms with E-state index in [-0.39, 0.29) is 4.90 Å². The second kappa shape index (κ2) is 6.29. The second-order valence-electron chi connectivity index (χ2n) is 5.14. The van der Waals surface area contributed by atoms with E-state index < -0.39 is 15.9 Å². The molecule has 0 saturated carbocycles. The summed E-state index contributed by atoms with van der Waals surface area (Å²) in [5.74, 6) is -0.494. The van der Waals surface area contributed by atoms with Gasteiger partial charge in [0.15, 0.2) is 0 Å². The van der Waals surface area contributed by atoms with Crippen LogP contribution < -0.4 is 10.3 Å². The van der Waals surface area contributed by atoms with Gasteiger partial charge in [-0.05, 0) is 49.6 Å². The normalized spacial score (nSPS) is 11.2. The number of benzene rings is 2. The van der Waals surface area contributed by atoms with Gasteiger partial charge in [-0.2, -0.15) is 0 Å². The van der Waals surface area contributed by atoms with E-state index >= 15 is 0 Å². The van der Waals surface area contributed by atoms with Gasteiger partial charge in [-0.1, -0.05) is 30.3 Å². The van der Waals surface area contributed by atoms with Gasteiger partial charge in [0.1, 0.15) is 0 Å². The first kappa shape index (κ1) is 16.2. The van der Waals surface area contributed by atoms with Crippen LogP contribution in [0.1, 0.15) is 27.0 Å². The maximum Gasteiger partial charge on any atom is 0.266 e.